The van der Waals surface area contributed by atoms with Crippen molar-refractivity contribution in [2.75, 3.05) is 6.26 Å². The van der Waals surface area contributed by atoms with Crippen LogP contribution in [0, 0.1) is 19.8 Å². The number of fused-ring (bicyclic) bond motifs is 1. The molecule has 0 saturated carbocycles. The Bertz CT molecular complexity index is 811. The zero-order valence-corrected chi connectivity index (χ0v) is 17.9. The summed E-state index contributed by atoms with van der Waals surface area (Å²) in [6.45, 7) is 16.6. The van der Waals surface area contributed by atoms with E-state index >= 15 is 0 Å². The number of thioether (sulfide) groups is 1. The minimum atomic E-state index is 0.233. The fourth-order valence-electron chi connectivity index (χ4n) is 4.51. The highest BCUT2D eigenvalue weighted by Crippen LogP contribution is 2.50. The molecule has 2 aromatic rings. The van der Waals surface area contributed by atoms with Gasteiger partial charge in [0.2, 0.25) is 0 Å². The second-order valence-electron chi connectivity index (χ2n) is 9.13. The lowest BCUT2D eigenvalue weighted by Crippen LogP contribution is -2.40. The van der Waals surface area contributed by atoms with Gasteiger partial charge in [0, 0.05) is 4.90 Å². The van der Waals surface area contributed by atoms with Crippen LogP contribution in [0.1, 0.15) is 63.3 Å². The third-order valence-corrected chi connectivity index (χ3v) is 7.26. The number of rotatable bonds is 2. The summed E-state index contributed by atoms with van der Waals surface area (Å²) in [6, 6.07) is 11.8. The Kier molecular flexibility index (Phi) is 4.60. The summed E-state index contributed by atoms with van der Waals surface area (Å²) in [4.78, 5) is 1.38. The van der Waals surface area contributed by atoms with Crippen molar-refractivity contribution in [3.63, 3.8) is 0 Å². The normalized spacial score (nSPS) is 21.0. The van der Waals surface area contributed by atoms with Crippen LogP contribution < -0.4 is 0 Å². The molecule has 134 valence electrons. The van der Waals surface area contributed by atoms with Crippen LogP contribution >= 0.6 is 11.8 Å². The first-order chi connectivity index (χ1) is 11.6. The topological polar surface area (TPSA) is 0 Å². The average Bonchev–Trinajstić information content (AvgIpc) is 2.53. The molecule has 0 aliphatic heterocycles. The summed E-state index contributed by atoms with van der Waals surface area (Å²) in [6.07, 6.45) is 3.43. The SMILES string of the molecule is CSc1cc(C)ccc1-c1cc2c(cc1C)C(C)(C)C(C)CC2(C)C. The Morgan fingerprint density at radius 2 is 1.60 bits per heavy atom. The third-order valence-electron chi connectivity index (χ3n) is 6.48. The van der Waals surface area contributed by atoms with Crippen molar-refractivity contribution in [2.45, 2.75) is 70.6 Å². The molecule has 1 atom stereocenters. The van der Waals surface area contributed by atoms with Crippen LogP contribution in [0.4, 0.5) is 0 Å². The fourth-order valence-corrected chi connectivity index (χ4v) is 5.21. The van der Waals surface area contributed by atoms with Gasteiger partial charge in [0.1, 0.15) is 0 Å². The van der Waals surface area contributed by atoms with Crippen LogP contribution in [-0.2, 0) is 10.8 Å². The molecule has 0 bridgehead atoms. The molecule has 1 aliphatic carbocycles. The lowest BCUT2D eigenvalue weighted by molar-refractivity contribution is 0.233. The summed E-state index contributed by atoms with van der Waals surface area (Å²) >= 11 is 1.85. The highest BCUT2D eigenvalue weighted by molar-refractivity contribution is 7.98. The van der Waals surface area contributed by atoms with Gasteiger partial charge in [-0.1, -0.05) is 58.9 Å². The molecule has 0 N–H and O–H groups in total. The summed E-state index contributed by atoms with van der Waals surface area (Å²) < 4.78 is 0. The highest BCUT2D eigenvalue weighted by atomic mass is 32.2. The van der Waals surface area contributed by atoms with Crippen molar-refractivity contribution in [1.82, 2.24) is 0 Å². The van der Waals surface area contributed by atoms with E-state index in [4.69, 9.17) is 0 Å². The number of hydrogen-bond donors (Lipinski definition) is 0. The lowest BCUT2D eigenvalue weighted by atomic mass is 9.58. The van der Waals surface area contributed by atoms with E-state index in [0.29, 0.717) is 5.92 Å². The quantitative estimate of drug-likeness (QED) is 0.511. The highest BCUT2D eigenvalue weighted by Gasteiger charge is 2.42. The molecule has 0 amide bonds. The minimum absolute atomic E-state index is 0.233. The average molecular weight is 353 g/mol. The first kappa shape index (κ1) is 18.6. The van der Waals surface area contributed by atoms with E-state index in [9.17, 15) is 0 Å². The Labute approximate surface area is 158 Å². The van der Waals surface area contributed by atoms with E-state index in [1.54, 1.807) is 11.1 Å². The van der Waals surface area contributed by atoms with Gasteiger partial charge in [-0.25, -0.2) is 0 Å². The van der Waals surface area contributed by atoms with Gasteiger partial charge in [-0.3, -0.25) is 0 Å². The maximum absolute atomic E-state index is 2.50. The van der Waals surface area contributed by atoms with Crippen molar-refractivity contribution in [2.24, 2.45) is 5.92 Å². The van der Waals surface area contributed by atoms with Gasteiger partial charge in [-0.05, 0) is 82.7 Å². The van der Waals surface area contributed by atoms with Gasteiger partial charge < -0.3 is 0 Å². The van der Waals surface area contributed by atoms with Crippen molar-refractivity contribution in [1.29, 1.82) is 0 Å². The Hall–Kier alpha value is -1.21. The fraction of sp³-hybridized carbons (Fsp3) is 0.500. The molecule has 1 heteroatoms. The zero-order chi connectivity index (χ0) is 18.6. The van der Waals surface area contributed by atoms with Crippen LogP contribution in [0.25, 0.3) is 11.1 Å². The van der Waals surface area contributed by atoms with Crippen LogP contribution in [0.5, 0.6) is 0 Å². The van der Waals surface area contributed by atoms with Gasteiger partial charge in [-0.15, -0.1) is 11.8 Å². The number of aryl methyl sites for hydroxylation is 2. The summed E-state index contributed by atoms with van der Waals surface area (Å²) in [5.41, 5.74) is 9.09. The molecule has 0 heterocycles. The molecule has 0 saturated heterocycles. The second kappa shape index (κ2) is 6.20. The molecular weight excluding hydrogens is 320 g/mol. The van der Waals surface area contributed by atoms with Crippen molar-refractivity contribution in [3.05, 3.63) is 52.6 Å². The van der Waals surface area contributed by atoms with Gasteiger partial charge in [0.15, 0.2) is 0 Å². The Morgan fingerprint density at radius 3 is 2.24 bits per heavy atom. The maximum Gasteiger partial charge on any atom is 0.0150 e. The molecule has 1 unspecified atom stereocenters. The predicted octanol–water partition coefficient (Wildman–Crippen LogP) is 7.29. The van der Waals surface area contributed by atoms with Crippen molar-refractivity contribution < 1.29 is 0 Å². The monoisotopic (exact) mass is 352 g/mol. The van der Waals surface area contributed by atoms with E-state index in [2.05, 4.69) is 85.1 Å². The Balaban J connectivity index is 2.27. The van der Waals surface area contributed by atoms with E-state index in [-0.39, 0.29) is 10.8 Å². The molecule has 0 aromatic heterocycles. The molecular formula is C24H32S. The van der Waals surface area contributed by atoms with Crippen LogP contribution in [-0.4, -0.2) is 6.26 Å². The summed E-state index contributed by atoms with van der Waals surface area (Å²) in [5.74, 6) is 0.696. The molecule has 0 fully saturated rings. The Morgan fingerprint density at radius 1 is 0.920 bits per heavy atom. The van der Waals surface area contributed by atoms with E-state index in [1.807, 2.05) is 11.8 Å². The first-order valence-corrected chi connectivity index (χ1v) is 10.6. The van der Waals surface area contributed by atoms with E-state index in [0.717, 1.165) is 0 Å². The van der Waals surface area contributed by atoms with Gasteiger partial charge in [0.25, 0.3) is 0 Å². The first-order valence-electron chi connectivity index (χ1n) is 9.38. The number of benzene rings is 2. The largest absolute Gasteiger partial charge is 0.129 e. The van der Waals surface area contributed by atoms with Gasteiger partial charge >= 0.3 is 0 Å². The van der Waals surface area contributed by atoms with Crippen LogP contribution in [0.2, 0.25) is 0 Å². The van der Waals surface area contributed by atoms with Crippen LogP contribution in [0.15, 0.2) is 35.2 Å². The zero-order valence-electron chi connectivity index (χ0n) is 17.1. The van der Waals surface area contributed by atoms with Gasteiger partial charge in [-0.2, -0.15) is 0 Å². The molecule has 0 spiro atoms. The molecule has 0 nitrogen and oxygen atoms in total. The molecule has 2 aromatic carbocycles. The van der Waals surface area contributed by atoms with Crippen LogP contribution in [0.3, 0.4) is 0 Å². The van der Waals surface area contributed by atoms with Crippen molar-refractivity contribution >= 4 is 11.8 Å². The standard InChI is InChI=1S/C24H32S/c1-15-9-10-18(22(11-15)25-8)19-13-20-21(12-16(19)2)24(6,7)17(3)14-23(20,4)5/h9-13,17H,14H2,1-8H3. The predicted molar refractivity (Wildman–Crippen MR) is 113 cm³/mol. The summed E-state index contributed by atoms with van der Waals surface area (Å²) in [5, 5.41) is 0. The molecule has 1 aliphatic rings. The smallest absolute Gasteiger partial charge is 0.0150 e. The minimum Gasteiger partial charge on any atom is -0.129 e. The molecule has 3 rings (SSSR count). The van der Waals surface area contributed by atoms with E-state index < -0.39 is 0 Å². The summed E-state index contributed by atoms with van der Waals surface area (Å²) in [7, 11) is 0. The number of hydrogen-bond acceptors (Lipinski definition) is 1. The second-order valence-corrected chi connectivity index (χ2v) is 9.98. The maximum atomic E-state index is 2.50. The third kappa shape index (κ3) is 3.05. The van der Waals surface area contributed by atoms with Gasteiger partial charge in [0.05, 0.1) is 0 Å². The molecule has 0 radical (unpaired) electrons. The lowest BCUT2D eigenvalue weighted by Gasteiger charge is -2.47. The molecule has 25 heavy (non-hydrogen) atoms. The van der Waals surface area contributed by atoms with E-state index in [1.165, 1.54) is 33.6 Å². The van der Waals surface area contributed by atoms with Crippen molar-refractivity contribution in [3.8, 4) is 11.1 Å².